The fourth-order valence-electron chi connectivity index (χ4n) is 8.33. The van der Waals surface area contributed by atoms with E-state index >= 15 is 0 Å². The van der Waals surface area contributed by atoms with Crippen molar-refractivity contribution in [1.29, 1.82) is 0 Å². The van der Waals surface area contributed by atoms with Crippen LogP contribution in [0, 0.1) is 13.8 Å². The number of aromatic nitrogens is 2. The second-order valence-corrected chi connectivity index (χ2v) is 14.1. The van der Waals surface area contributed by atoms with Gasteiger partial charge < -0.3 is 9.13 Å². The molecule has 48 heavy (non-hydrogen) atoms. The summed E-state index contributed by atoms with van der Waals surface area (Å²) < 4.78 is 4.89. The normalized spacial score (nSPS) is 12.7. The third-order valence-corrected chi connectivity index (χ3v) is 11.5. The van der Waals surface area contributed by atoms with E-state index in [-0.39, 0.29) is 6.71 Å². The van der Waals surface area contributed by atoms with Crippen LogP contribution in [0.2, 0.25) is 0 Å². The van der Waals surface area contributed by atoms with E-state index in [0.717, 1.165) is 0 Å². The molecule has 1 aliphatic rings. The zero-order valence-corrected chi connectivity index (χ0v) is 27.6. The van der Waals surface area contributed by atoms with Gasteiger partial charge in [0.25, 0.3) is 0 Å². The molecule has 0 saturated carbocycles. The third kappa shape index (κ3) is 3.90. The van der Waals surface area contributed by atoms with Gasteiger partial charge in [0, 0.05) is 42.7 Å². The quantitative estimate of drug-likeness (QED) is 0.177. The smallest absolute Gasteiger partial charge is 0.244 e. The predicted octanol–water partition coefficient (Wildman–Crippen LogP) is 9.48. The van der Waals surface area contributed by atoms with Crippen LogP contribution >= 0.6 is 11.8 Å². The van der Waals surface area contributed by atoms with E-state index in [1.807, 2.05) is 11.8 Å². The molecule has 1 aliphatic heterocycles. The summed E-state index contributed by atoms with van der Waals surface area (Å²) in [5.74, 6) is 0. The van der Waals surface area contributed by atoms with Crippen LogP contribution in [0.15, 0.2) is 161 Å². The molecular formula is C44H31BN2S. The highest BCUT2D eigenvalue weighted by atomic mass is 32.2. The molecule has 7 aromatic carbocycles. The summed E-state index contributed by atoms with van der Waals surface area (Å²) in [7, 11) is 0. The van der Waals surface area contributed by atoms with Gasteiger partial charge in [0.2, 0.25) is 6.71 Å². The molecule has 0 aliphatic carbocycles. The number of hydrogen-bond donors (Lipinski definition) is 0. The highest BCUT2D eigenvalue weighted by molar-refractivity contribution is 8.00. The van der Waals surface area contributed by atoms with Gasteiger partial charge in [-0.15, -0.1) is 0 Å². The number of benzene rings is 7. The maximum atomic E-state index is 2.48. The molecule has 9 aromatic rings. The number of fused-ring (bicyclic) bond motifs is 9. The predicted molar refractivity (Wildman–Crippen MR) is 206 cm³/mol. The summed E-state index contributed by atoms with van der Waals surface area (Å²) in [6.45, 7) is 4.72. The fourth-order valence-corrected chi connectivity index (χ4v) is 9.50. The Morgan fingerprint density at radius 2 is 1.00 bits per heavy atom. The summed E-state index contributed by atoms with van der Waals surface area (Å²) in [5, 5.41) is 5.16. The second kappa shape index (κ2) is 10.5. The van der Waals surface area contributed by atoms with Crippen LogP contribution in [0.25, 0.3) is 55.0 Å². The zero-order valence-electron chi connectivity index (χ0n) is 26.8. The average Bonchev–Trinajstić information content (AvgIpc) is 3.64. The molecule has 0 atom stereocenters. The molecule has 226 valence electrons. The Morgan fingerprint density at radius 3 is 1.69 bits per heavy atom. The lowest BCUT2D eigenvalue weighted by Gasteiger charge is -2.28. The van der Waals surface area contributed by atoms with Crippen molar-refractivity contribution in [3.63, 3.8) is 0 Å². The lowest BCUT2D eigenvalue weighted by atomic mass is 9.35. The summed E-state index contributed by atoms with van der Waals surface area (Å²) in [5.41, 5.74) is 14.2. The van der Waals surface area contributed by atoms with E-state index in [9.17, 15) is 0 Å². The van der Waals surface area contributed by atoms with E-state index in [2.05, 4.69) is 175 Å². The van der Waals surface area contributed by atoms with Crippen molar-refractivity contribution in [2.75, 3.05) is 0 Å². The maximum Gasteiger partial charge on any atom is 0.244 e. The highest BCUT2D eigenvalue weighted by Crippen LogP contribution is 2.42. The molecule has 2 aromatic heterocycles. The standard InChI is InChI=1S/C44H31BN2S/c1-28-13-12-14-29(2)44(28)45-34-19-8-11-22-40(34)48-41-27-31(23-24-35(41)45)47-37-21-10-7-18-33(37)43-39(47)26-25-38-42(43)32-17-6-9-20-36(32)46(38)30-15-4-3-5-16-30/h3-27H,1-2H3. The average molecular weight is 631 g/mol. The Kier molecular flexibility index (Phi) is 6.07. The molecule has 2 nitrogen and oxygen atoms in total. The minimum Gasteiger partial charge on any atom is -0.309 e. The molecule has 10 rings (SSSR count). The Labute approximate surface area is 284 Å². The van der Waals surface area contributed by atoms with Crippen LogP contribution < -0.4 is 16.4 Å². The molecule has 4 heteroatoms. The summed E-state index contributed by atoms with van der Waals surface area (Å²) >= 11 is 1.90. The molecule has 0 N–H and O–H groups in total. The van der Waals surface area contributed by atoms with Crippen molar-refractivity contribution < 1.29 is 0 Å². The van der Waals surface area contributed by atoms with Crippen molar-refractivity contribution in [3.8, 4) is 11.4 Å². The van der Waals surface area contributed by atoms with Crippen LogP contribution in [0.1, 0.15) is 11.1 Å². The van der Waals surface area contributed by atoms with Crippen molar-refractivity contribution in [1.82, 2.24) is 9.13 Å². The van der Waals surface area contributed by atoms with E-state index in [1.54, 1.807) is 0 Å². The fraction of sp³-hybridized carbons (Fsp3) is 0.0455. The van der Waals surface area contributed by atoms with Gasteiger partial charge in [-0.2, -0.15) is 0 Å². The number of para-hydroxylation sites is 3. The van der Waals surface area contributed by atoms with Crippen LogP contribution in [-0.2, 0) is 0 Å². The van der Waals surface area contributed by atoms with Gasteiger partial charge in [-0.3, -0.25) is 0 Å². The highest BCUT2D eigenvalue weighted by Gasteiger charge is 2.33. The first-order chi connectivity index (χ1) is 23.7. The maximum absolute atomic E-state index is 2.48. The number of rotatable bonds is 3. The first-order valence-corrected chi connectivity index (χ1v) is 17.5. The van der Waals surface area contributed by atoms with Crippen LogP contribution in [0.4, 0.5) is 0 Å². The van der Waals surface area contributed by atoms with Gasteiger partial charge in [0.15, 0.2) is 0 Å². The topological polar surface area (TPSA) is 9.86 Å². The minimum absolute atomic E-state index is 0.203. The molecule has 0 fully saturated rings. The first-order valence-electron chi connectivity index (χ1n) is 16.7. The lowest BCUT2D eigenvalue weighted by Crippen LogP contribution is -2.56. The molecule has 0 radical (unpaired) electrons. The first kappa shape index (κ1) is 27.6. The van der Waals surface area contributed by atoms with Gasteiger partial charge in [0.05, 0.1) is 22.1 Å². The van der Waals surface area contributed by atoms with E-state index in [4.69, 9.17) is 0 Å². The summed E-state index contributed by atoms with van der Waals surface area (Å²) in [6, 6.07) is 56.0. The Morgan fingerprint density at radius 1 is 0.438 bits per heavy atom. The van der Waals surface area contributed by atoms with E-state index in [0.29, 0.717) is 0 Å². The van der Waals surface area contributed by atoms with Crippen molar-refractivity contribution in [3.05, 3.63) is 163 Å². The molecule has 0 spiro atoms. The molecular weight excluding hydrogens is 599 g/mol. The van der Waals surface area contributed by atoms with Gasteiger partial charge in [-0.25, -0.2) is 0 Å². The van der Waals surface area contributed by atoms with Gasteiger partial charge in [-0.1, -0.05) is 136 Å². The molecule has 0 amide bonds. The number of nitrogens with zero attached hydrogens (tertiary/aromatic N) is 2. The molecule has 0 bridgehead atoms. The van der Waals surface area contributed by atoms with Crippen molar-refractivity contribution in [2.45, 2.75) is 23.6 Å². The van der Waals surface area contributed by atoms with Crippen LogP contribution in [0.5, 0.6) is 0 Å². The third-order valence-electron chi connectivity index (χ3n) is 10.3. The summed E-state index contributed by atoms with van der Waals surface area (Å²) in [6.07, 6.45) is 0. The summed E-state index contributed by atoms with van der Waals surface area (Å²) in [4.78, 5) is 2.67. The number of aryl methyl sites for hydroxylation is 2. The Balaban J connectivity index is 1.25. The number of hydrogen-bond acceptors (Lipinski definition) is 1. The van der Waals surface area contributed by atoms with Crippen LogP contribution in [-0.4, -0.2) is 15.8 Å². The molecule has 0 saturated heterocycles. The second-order valence-electron chi connectivity index (χ2n) is 13.0. The van der Waals surface area contributed by atoms with Gasteiger partial charge in [-0.05, 0) is 68.4 Å². The van der Waals surface area contributed by atoms with Crippen molar-refractivity contribution in [2.24, 2.45) is 0 Å². The van der Waals surface area contributed by atoms with E-state index in [1.165, 1.54) is 92.3 Å². The Bertz CT molecular complexity index is 2720. The van der Waals surface area contributed by atoms with Gasteiger partial charge >= 0.3 is 0 Å². The largest absolute Gasteiger partial charge is 0.309 e. The lowest BCUT2D eigenvalue weighted by molar-refractivity contribution is 1.16. The van der Waals surface area contributed by atoms with E-state index < -0.39 is 0 Å². The van der Waals surface area contributed by atoms with Crippen LogP contribution in [0.3, 0.4) is 0 Å². The Hall–Kier alpha value is -5.45. The SMILES string of the molecule is Cc1cccc(C)c1B1c2ccccc2Sc2cc(-n3c4ccccc4c4c5c6ccccc6n(-c6ccccc6)c5ccc43)ccc21. The van der Waals surface area contributed by atoms with Crippen molar-refractivity contribution >= 4 is 78.5 Å². The molecule has 0 unspecified atom stereocenters. The monoisotopic (exact) mass is 630 g/mol. The van der Waals surface area contributed by atoms with Gasteiger partial charge in [0.1, 0.15) is 0 Å². The molecule has 3 heterocycles. The minimum atomic E-state index is 0.203. The zero-order chi connectivity index (χ0) is 31.9.